The second-order valence-corrected chi connectivity index (χ2v) is 7.46. The Morgan fingerprint density at radius 3 is 2.40 bits per heavy atom. The molecule has 1 aliphatic rings. The summed E-state index contributed by atoms with van der Waals surface area (Å²) in [5.41, 5.74) is 0. The highest BCUT2D eigenvalue weighted by atomic mass is 127. The molecule has 0 radical (unpaired) electrons. The molecule has 0 N–H and O–H groups in total. The first-order valence-electron chi connectivity index (χ1n) is 7.74. The highest BCUT2D eigenvalue weighted by molar-refractivity contribution is 14.1. The number of nitrogens with zero attached hydrogens (tertiary/aromatic N) is 1. The molecule has 1 fully saturated rings. The minimum absolute atomic E-state index is 0.833. The van der Waals surface area contributed by atoms with Crippen molar-refractivity contribution >= 4 is 22.6 Å². The first kappa shape index (κ1) is 16.1. The Morgan fingerprint density at radius 2 is 1.75 bits per heavy atom. The summed E-state index contributed by atoms with van der Waals surface area (Å²) in [6, 6.07) is 8.28. The van der Waals surface area contributed by atoms with E-state index in [1.54, 1.807) is 0 Å². The number of hydrogen-bond acceptors (Lipinski definition) is 2. The SMILES string of the molecule is C[C@@H]1C[C@H](C)CN(CCCCOc2ccc(I)cc2)C1. The molecule has 2 atom stereocenters. The smallest absolute Gasteiger partial charge is 0.119 e. The van der Waals surface area contributed by atoms with Crippen molar-refractivity contribution in [2.45, 2.75) is 33.1 Å². The van der Waals surface area contributed by atoms with Gasteiger partial charge >= 0.3 is 0 Å². The number of rotatable bonds is 6. The van der Waals surface area contributed by atoms with E-state index in [9.17, 15) is 0 Å². The van der Waals surface area contributed by atoms with Gasteiger partial charge in [0.25, 0.3) is 0 Å². The molecule has 3 heteroatoms. The Balaban J connectivity index is 1.58. The molecule has 0 saturated carbocycles. The van der Waals surface area contributed by atoms with Gasteiger partial charge < -0.3 is 9.64 Å². The van der Waals surface area contributed by atoms with Crippen LogP contribution in [0.4, 0.5) is 0 Å². The Morgan fingerprint density at radius 1 is 1.10 bits per heavy atom. The fourth-order valence-corrected chi connectivity index (χ4v) is 3.49. The number of unbranched alkanes of at least 4 members (excludes halogenated alkanes) is 1. The second-order valence-electron chi connectivity index (χ2n) is 6.22. The van der Waals surface area contributed by atoms with E-state index >= 15 is 0 Å². The molecule has 1 heterocycles. The fraction of sp³-hybridized carbons (Fsp3) is 0.647. The molecule has 1 aliphatic heterocycles. The van der Waals surface area contributed by atoms with E-state index in [4.69, 9.17) is 4.74 Å². The lowest BCUT2D eigenvalue weighted by molar-refractivity contribution is 0.136. The van der Waals surface area contributed by atoms with Crippen LogP contribution < -0.4 is 4.74 Å². The molecule has 0 spiro atoms. The molecule has 1 aromatic carbocycles. The molecule has 0 unspecified atom stereocenters. The molecule has 1 saturated heterocycles. The molecule has 0 aromatic heterocycles. The second kappa shape index (κ2) is 8.23. The van der Waals surface area contributed by atoms with Gasteiger partial charge in [-0.1, -0.05) is 13.8 Å². The van der Waals surface area contributed by atoms with Crippen molar-refractivity contribution < 1.29 is 4.74 Å². The van der Waals surface area contributed by atoms with Crippen LogP contribution in [-0.4, -0.2) is 31.1 Å². The summed E-state index contributed by atoms with van der Waals surface area (Å²) in [5, 5.41) is 0. The maximum Gasteiger partial charge on any atom is 0.119 e. The van der Waals surface area contributed by atoms with Gasteiger partial charge in [0.15, 0.2) is 0 Å². The van der Waals surface area contributed by atoms with Crippen LogP contribution in [0, 0.1) is 15.4 Å². The van der Waals surface area contributed by atoms with Crippen molar-refractivity contribution in [3.8, 4) is 5.75 Å². The zero-order chi connectivity index (χ0) is 14.4. The number of piperidine rings is 1. The van der Waals surface area contributed by atoms with Crippen LogP contribution in [-0.2, 0) is 0 Å². The summed E-state index contributed by atoms with van der Waals surface area (Å²) >= 11 is 2.31. The number of ether oxygens (including phenoxy) is 1. The molecular weight excluding hydrogens is 361 g/mol. The zero-order valence-electron chi connectivity index (χ0n) is 12.6. The van der Waals surface area contributed by atoms with E-state index in [1.807, 2.05) is 0 Å². The van der Waals surface area contributed by atoms with Gasteiger partial charge in [0, 0.05) is 16.7 Å². The standard InChI is InChI=1S/C17H26INO/c1-14-11-15(2)13-19(12-14)9-3-4-10-20-17-7-5-16(18)6-8-17/h5-8,14-15H,3-4,9-13H2,1-2H3/t14-,15+. The topological polar surface area (TPSA) is 12.5 Å². The molecule has 0 amide bonds. The third kappa shape index (κ3) is 5.60. The summed E-state index contributed by atoms with van der Waals surface area (Å²) in [4.78, 5) is 2.63. The maximum atomic E-state index is 5.77. The monoisotopic (exact) mass is 387 g/mol. The summed E-state index contributed by atoms with van der Waals surface area (Å²) < 4.78 is 7.02. The van der Waals surface area contributed by atoms with Gasteiger partial charge in [-0.05, 0) is 84.5 Å². The quantitative estimate of drug-likeness (QED) is 0.529. The Kier molecular flexibility index (Phi) is 6.62. The third-order valence-corrected chi connectivity index (χ3v) is 4.61. The summed E-state index contributed by atoms with van der Waals surface area (Å²) in [7, 11) is 0. The maximum absolute atomic E-state index is 5.77. The average Bonchev–Trinajstić information content (AvgIpc) is 2.39. The lowest BCUT2D eigenvalue weighted by atomic mass is 9.92. The lowest BCUT2D eigenvalue weighted by Gasteiger charge is -2.34. The molecule has 20 heavy (non-hydrogen) atoms. The van der Waals surface area contributed by atoms with Crippen molar-refractivity contribution in [3.63, 3.8) is 0 Å². The van der Waals surface area contributed by atoms with Crippen molar-refractivity contribution in [3.05, 3.63) is 27.8 Å². The first-order chi connectivity index (χ1) is 9.63. The van der Waals surface area contributed by atoms with Gasteiger partial charge in [-0.3, -0.25) is 0 Å². The highest BCUT2D eigenvalue weighted by Gasteiger charge is 2.20. The molecular formula is C17H26INO. The van der Waals surface area contributed by atoms with E-state index in [0.717, 1.165) is 30.6 Å². The van der Waals surface area contributed by atoms with E-state index in [1.165, 1.54) is 36.0 Å². The fourth-order valence-electron chi connectivity index (χ4n) is 3.13. The lowest BCUT2D eigenvalue weighted by Crippen LogP contribution is -2.39. The number of hydrogen-bond donors (Lipinski definition) is 0. The minimum Gasteiger partial charge on any atom is -0.494 e. The highest BCUT2D eigenvalue weighted by Crippen LogP contribution is 2.21. The predicted molar refractivity (Wildman–Crippen MR) is 93.3 cm³/mol. The van der Waals surface area contributed by atoms with Crippen molar-refractivity contribution in [2.75, 3.05) is 26.2 Å². The molecule has 0 aliphatic carbocycles. The molecule has 2 rings (SSSR count). The van der Waals surface area contributed by atoms with Gasteiger partial charge in [0.2, 0.25) is 0 Å². The van der Waals surface area contributed by atoms with E-state index in [-0.39, 0.29) is 0 Å². The van der Waals surface area contributed by atoms with Crippen LogP contribution in [0.25, 0.3) is 0 Å². The normalized spacial score (nSPS) is 23.8. The van der Waals surface area contributed by atoms with Crippen molar-refractivity contribution in [1.82, 2.24) is 4.90 Å². The van der Waals surface area contributed by atoms with Crippen LogP contribution in [0.15, 0.2) is 24.3 Å². The van der Waals surface area contributed by atoms with Crippen LogP contribution in [0.2, 0.25) is 0 Å². The molecule has 0 bridgehead atoms. The van der Waals surface area contributed by atoms with Crippen LogP contribution in [0.1, 0.15) is 33.1 Å². The van der Waals surface area contributed by atoms with E-state index < -0.39 is 0 Å². The van der Waals surface area contributed by atoms with E-state index in [2.05, 4.69) is 65.6 Å². The number of halogens is 1. The van der Waals surface area contributed by atoms with Gasteiger partial charge in [-0.2, -0.15) is 0 Å². The first-order valence-corrected chi connectivity index (χ1v) is 8.82. The summed E-state index contributed by atoms with van der Waals surface area (Å²) in [5.74, 6) is 2.72. The Labute approximate surface area is 137 Å². The number of benzene rings is 1. The number of likely N-dealkylation sites (tertiary alicyclic amines) is 1. The molecule has 112 valence electrons. The predicted octanol–water partition coefficient (Wildman–Crippen LogP) is 4.43. The molecule has 2 nitrogen and oxygen atoms in total. The largest absolute Gasteiger partial charge is 0.494 e. The van der Waals surface area contributed by atoms with Gasteiger partial charge in [-0.15, -0.1) is 0 Å². The zero-order valence-corrected chi connectivity index (χ0v) is 14.8. The Hall–Kier alpha value is -0.290. The van der Waals surface area contributed by atoms with Crippen LogP contribution >= 0.6 is 22.6 Å². The van der Waals surface area contributed by atoms with Gasteiger partial charge in [0.05, 0.1) is 6.61 Å². The van der Waals surface area contributed by atoms with Crippen molar-refractivity contribution in [2.24, 2.45) is 11.8 Å². The van der Waals surface area contributed by atoms with Crippen molar-refractivity contribution in [1.29, 1.82) is 0 Å². The van der Waals surface area contributed by atoms with Gasteiger partial charge in [-0.25, -0.2) is 0 Å². The van der Waals surface area contributed by atoms with Crippen LogP contribution in [0.5, 0.6) is 5.75 Å². The van der Waals surface area contributed by atoms with Gasteiger partial charge in [0.1, 0.15) is 5.75 Å². The average molecular weight is 387 g/mol. The van der Waals surface area contributed by atoms with E-state index in [0.29, 0.717) is 0 Å². The Bertz CT molecular complexity index is 382. The summed E-state index contributed by atoms with van der Waals surface area (Å²) in [6.07, 6.45) is 3.78. The van der Waals surface area contributed by atoms with Crippen LogP contribution in [0.3, 0.4) is 0 Å². The summed E-state index contributed by atoms with van der Waals surface area (Å²) in [6.45, 7) is 9.37. The third-order valence-electron chi connectivity index (χ3n) is 3.90. The molecule has 1 aromatic rings. The minimum atomic E-state index is 0.833.